The summed E-state index contributed by atoms with van der Waals surface area (Å²) in [6.45, 7) is 4.50. The highest BCUT2D eigenvalue weighted by Gasteiger charge is 2.14. The molecule has 0 saturated carbocycles. The highest BCUT2D eigenvalue weighted by atomic mass is 32.2. The van der Waals surface area contributed by atoms with Gasteiger partial charge >= 0.3 is 0 Å². The molecule has 0 unspecified atom stereocenters. The predicted octanol–water partition coefficient (Wildman–Crippen LogP) is 2.74. The molecule has 0 aliphatic rings. The smallest absolute Gasteiger partial charge is 0.172 e. The van der Waals surface area contributed by atoms with Gasteiger partial charge in [-0.25, -0.2) is 4.98 Å². The number of fused-ring (bicyclic) bond motifs is 1. The molecule has 3 N–H and O–H groups in total. The maximum absolute atomic E-state index is 6.04. The molecular formula is C14H17N5OS. The Morgan fingerprint density at radius 3 is 2.90 bits per heavy atom. The lowest BCUT2D eigenvalue weighted by molar-refractivity contribution is 0.340. The van der Waals surface area contributed by atoms with Crippen LogP contribution in [0.3, 0.4) is 0 Å². The first-order valence-corrected chi connectivity index (χ1v) is 7.49. The van der Waals surface area contributed by atoms with Gasteiger partial charge in [-0.3, -0.25) is 4.68 Å². The van der Waals surface area contributed by atoms with E-state index < -0.39 is 0 Å². The van der Waals surface area contributed by atoms with Crippen molar-refractivity contribution in [1.29, 1.82) is 0 Å². The molecule has 2 heterocycles. The Morgan fingerprint density at radius 2 is 2.24 bits per heavy atom. The Labute approximate surface area is 126 Å². The third kappa shape index (κ3) is 2.56. The minimum atomic E-state index is 0.645. The van der Waals surface area contributed by atoms with E-state index in [0.717, 1.165) is 32.7 Å². The number of hydrogen-bond acceptors (Lipinski definition) is 5. The van der Waals surface area contributed by atoms with Gasteiger partial charge in [-0.15, -0.1) is 0 Å². The molecule has 0 aliphatic carbocycles. The van der Waals surface area contributed by atoms with Crippen LogP contribution in [-0.2, 0) is 7.05 Å². The molecule has 1 aromatic carbocycles. The van der Waals surface area contributed by atoms with Crippen molar-refractivity contribution in [2.24, 2.45) is 7.05 Å². The maximum atomic E-state index is 6.04. The molecule has 0 radical (unpaired) electrons. The standard InChI is InChI=1S/C14H17N5OS/c1-4-20-9-5-6-10-11(7-9)17-14(16-10)21-13-12(15)8(2)18-19(13)3/h5-7H,4,15H2,1-3H3,(H,16,17). The Balaban J connectivity index is 1.94. The molecule has 21 heavy (non-hydrogen) atoms. The van der Waals surface area contributed by atoms with Crippen molar-refractivity contribution in [3.8, 4) is 5.75 Å². The van der Waals surface area contributed by atoms with Crippen LogP contribution >= 0.6 is 11.8 Å². The van der Waals surface area contributed by atoms with Gasteiger partial charge in [0.1, 0.15) is 10.8 Å². The number of H-pyrrole nitrogens is 1. The monoisotopic (exact) mass is 303 g/mol. The SMILES string of the molecule is CCOc1ccc2nc(Sc3c(N)c(C)nn3C)[nH]c2c1. The summed E-state index contributed by atoms with van der Waals surface area (Å²) in [5.74, 6) is 0.834. The summed E-state index contributed by atoms with van der Waals surface area (Å²) in [5.41, 5.74) is 9.41. The van der Waals surface area contributed by atoms with Gasteiger partial charge in [0.25, 0.3) is 0 Å². The zero-order chi connectivity index (χ0) is 15.0. The van der Waals surface area contributed by atoms with Crippen molar-refractivity contribution in [2.75, 3.05) is 12.3 Å². The average molecular weight is 303 g/mol. The Bertz CT molecular complexity index is 792. The minimum absolute atomic E-state index is 0.645. The van der Waals surface area contributed by atoms with Crippen LogP contribution in [0.5, 0.6) is 5.75 Å². The summed E-state index contributed by atoms with van der Waals surface area (Å²) in [4.78, 5) is 7.84. The second kappa shape index (κ2) is 5.33. The van der Waals surface area contributed by atoms with E-state index in [1.54, 1.807) is 4.68 Å². The number of nitrogens with one attached hydrogen (secondary N) is 1. The third-order valence-corrected chi connectivity index (χ3v) is 4.21. The van der Waals surface area contributed by atoms with Crippen molar-refractivity contribution in [3.63, 3.8) is 0 Å². The number of imidazole rings is 1. The fourth-order valence-corrected chi connectivity index (χ4v) is 3.05. The number of nitrogens with two attached hydrogens (primary N) is 1. The van der Waals surface area contributed by atoms with Crippen LogP contribution < -0.4 is 10.5 Å². The number of anilines is 1. The van der Waals surface area contributed by atoms with E-state index in [4.69, 9.17) is 10.5 Å². The molecule has 2 aromatic heterocycles. The molecule has 7 heteroatoms. The number of nitrogens with zero attached hydrogens (tertiary/aromatic N) is 3. The Hall–Kier alpha value is -2.15. The van der Waals surface area contributed by atoms with E-state index in [1.165, 1.54) is 11.8 Å². The maximum Gasteiger partial charge on any atom is 0.172 e. The van der Waals surface area contributed by atoms with Gasteiger partial charge in [-0.05, 0) is 37.7 Å². The molecule has 0 aliphatic heterocycles. The van der Waals surface area contributed by atoms with Gasteiger partial charge in [0.2, 0.25) is 0 Å². The number of hydrogen-bond donors (Lipinski definition) is 2. The second-order valence-electron chi connectivity index (χ2n) is 4.68. The van der Waals surface area contributed by atoms with Crippen LogP contribution in [0.4, 0.5) is 5.69 Å². The number of rotatable bonds is 4. The van der Waals surface area contributed by atoms with Gasteiger partial charge in [-0.1, -0.05) is 0 Å². The van der Waals surface area contributed by atoms with Crippen molar-refractivity contribution >= 4 is 28.5 Å². The zero-order valence-corrected chi connectivity index (χ0v) is 13.0. The van der Waals surface area contributed by atoms with Crippen LogP contribution in [0.1, 0.15) is 12.6 Å². The highest BCUT2D eigenvalue weighted by Crippen LogP contribution is 2.33. The summed E-state index contributed by atoms with van der Waals surface area (Å²) in [6, 6.07) is 5.82. The van der Waals surface area contributed by atoms with Gasteiger partial charge in [0.05, 0.1) is 29.0 Å². The minimum Gasteiger partial charge on any atom is -0.494 e. The quantitative estimate of drug-likeness (QED) is 0.774. The molecule has 6 nitrogen and oxygen atoms in total. The lowest BCUT2D eigenvalue weighted by atomic mass is 10.3. The topological polar surface area (TPSA) is 81.8 Å². The van der Waals surface area contributed by atoms with Crippen LogP contribution in [0.2, 0.25) is 0 Å². The summed E-state index contributed by atoms with van der Waals surface area (Å²) in [7, 11) is 1.88. The summed E-state index contributed by atoms with van der Waals surface area (Å²) >= 11 is 1.47. The first-order chi connectivity index (χ1) is 10.1. The average Bonchev–Trinajstić information content (AvgIpc) is 2.95. The van der Waals surface area contributed by atoms with Crippen molar-refractivity contribution in [3.05, 3.63) is 23.9 Å². The number of nitrogen functional groups attached to an aromatic ring is 1. The molecule has 0 saturated heterocycles. The van der Waals surface area contributed by atoms with Crippen LogP contribution in [0.25, 0.3) is 11.0 Å². The molecular weight excluding hydrogens is 286 g/mol. The fraction of sp³-hybridized carbons (Fsp3) is 0.286. The van der Waals surface area contributed by atoms with E-state index >= 15 is 0 Å². The molecule has 0 amide bonds. The zero-order valence-electron chi connectivity index (χ0n) is 12.2. The lowest BCUT2D eigenvalue weighted by Gasteiger charge is -2.01. The van der Waals surface area contributed by atoms with Crippen LogP contribution in [0.15, 0.2) is 28.4 Å². The van der Waals surface area contributed by atoms with Gasteiger partial charge < -0.3 is 15.5 Å². The molecule has 0 atom stereocenters. The Morgan fingerprint density at radius 1 is 1.43 bits per heavy atom. The normalized spacial score (nSPS) is 11.2. The van der Waals surface area contributed by atoms with E-state index in [-0.39, 0.29) is 0 Å². The number of aromatic nitrogens is 4. The number of aromatic amines is 1. The first kappa shape index (κ1) is 13.8. The third-order valence-electron chi connectivity index (χ3n) is 3.15. The molecule has 110 valence electrons. The van der Waals surface area contributed by atoms with E-state index in [9.17, 15) is 0 Å². The number of aryl methyl sites for hydroxylation is 2. The van der Waals surface area contributed by atoms with Crippen LogP contribution in [-0.4, -0.2) is 26.4 Å². The molecule has 0 spiro atoms. The van der Waals surface area contributed by atoms with Crippen molar-refractivity contribution < 1.29 is 4.74 Å². The molecule has 0 fully saturated rings. The molecule has 0 bridgehead atoms. The van der Waals surface area contributed by atoms with Gasteiger partial charge in [-0.2, -0.15) is 5.10 Å². The van der Waals surface area contributed by atoms with Gasteiger partial charge in [0.15, 0.2) is 5.16 Å². The van der Waals surface area contributed by atoms with E-state index in [2.05, 4.69) is 15.1 Å². The molecule has 3 aromatic rings. The number of benzene rings is 1. The van der Waals surface area contributed by atoms with E-state index in [1.807, 2.05) is 39.1 Å². The van der Waals surface area contributed by atoms with E-state index in [0.29, 0.717) is 12.3 Å². The highest BCUT2D eigenvalue weighted by molar-refractivity contribution is 7.99. The van der Waals surface area contributed by atoms with Gasteiger partial charge in [0, 0.05) is 13.1 Å². The largest absolute Gasteiger partial charge is 0.494 e. The lowest BCUT2D eigenvalue weighted by Crippen LogP contribution is -1.94. The second-order valence-corrected chi connectivity index (χ2v) is 5.66. The summed E-state index contributed by atoms with van der Waals surface area (Å²) in [6.07, 6.45) is 0. The van der Waals surface area contributed by atoms with Crippen molar-refractivity contribution in [1.82, 2.24) is 19.7 Å². The van der Waals surface area contributed by atoms with Crippen molar-refractivity contribution in [2.45, 2.75) is 24.0 Å². The summed E-state index contributed by atoms with van der Waals surface area (Å²) in [5, 5.41) is 5.98. The fourth-order valence-electron chi connectivity index (χ4n) is 2.14. The number of ether oxygens (including phenoxy) is 1. The first-order valence-electron chi connectivity index (χ1n) is 6.68. The predicted molar refractivity (Wildman–Crippen MR) is 83.7 cm³/mol. The van der Waals surface area contributed by atoms with Crippen LogP contribution in [0, 0.1) is 6.92 Å². The Kier molecular flexibility index (Phi) is 3.50. The summed E-state index contributed by atoms with van der Waals surface area (Å²) < 4.78 is 7.27. The molecule has 3 rings (SSSR count).